The molecule has 0 spiro atoms. The Balaban J connectivity index is 1.64. The third-order valence-corrected chi connectivity index (χ3v) is 8.18. The van der Waals surface area contributed by atoms with Gasteiger partial charge in [-0.1, -0.05) is 36.4 Å². The average Bonchev–Trinajstić information content (AvgIpc) is 3.02. The standard InChI is InChI=1S/C35H43N3O7/c1-5-36(6-2)35(43)29-13-8-11-27(17-29)34(28-12-9-15-31(18-28)45-23-33(41)42)38-20-24(3)37(19-25(38)4)21-26-10-7-14-30(16-26)44-22-32(39)40/h7-18,24-25,34H,5-6,19-23H2,1-4H3,(H,39,40)(H,41,42)/t24-,25+,34+/m1/s1. The largest absolute Gasteiger partial charge is 0.482 e. The van der Waals surface area contributed by atoms with Gasteiger partial charge in [0.05, 0.1) is 6.04 Å². The van der Waals surface area contributed by atoms with E-state index in [0.29, 0.717) is 36.7 Å². The molecule has 240 valence electrons. The molecular formula is C35H43N3O7. The normalized spacial score (nSPS) is 17.8. The minimum atomic E-state index is -1.04. The second kappa shape index (κ2) is 15.5. The van der Waals surface area contributed by atoms with Crippen LogP contribution in [0.4, 0.5) is 0 Å². The number of hydrogen-bond acceptors (Lipinski definition) is 7. The summed E-state index contributed by atoms with van der Waals surface area (Å²) in [5.41, 5.74) is 3.58. The monoisotopic (exact) mass is 617 g/mol. The molecule has 1 heterocycles. The van der Waals surface area contributed by atoms with Crippen molar-refractivity contribution in [3.63, 3.8) is 0 Å². The van der Waals surface area contributed by atoms with E-state index in [1.54, 1.807) is 17.0 Å². The van der Waals surface area contributed by atoms with E-state index in [1.807, 2.05) is 74.5 Å². The van der Waals surface area contributed by atoms with Gasteiger partial charge in [0.2, 0.25) is 0 Å². The van der Waals surface area contributed by atoms with Crippen LogP contribution in [0.15, 0.2) is 72.8 Å². The molecule has 2 N–H and O–H groups in total. The first kappa shape index (κ1) is 33.5. The summed E-state index contributed by atoms with van der Waals surface area (Å²) in [5.74, 6) is -1.08. The van der Waals surface area contributed by atoms with Crippen LogP contribution in [0.3, 0.4) is 0 Å². The maximum atomic E-state index is 13.3. The van der Waals surface area contributed by atoms with E-state index in [0.717, 1.165) is 29.8 Å². The number of carboxylic acids is 2. The molecule has 0 saturated carbocycles. The van der Waals surface area contributed by atoms with Crippen LogP contribution in [0.1, 0.15) is 60.8 Å². The second-order valence-electron chi connectivity index (χ2n) is 11.4. The summed E-state index contributed by atoms with van der Waals surface area (Å²) in [4.78, 5) is 42.1. The Labute approximate surface area is 264 Å². The van der Waals surface area contributed by atoms with Crippen LogP contribution in [0.5, 0.6) is 11.5 Å². The first-order valence-corrected chi connectivity index (χ1v) is 15.4. The highest BCUT2D eigenvalue weighted by Gasteiger charge is 2.35. The molecule has 3 atom stereocenters. The molecule has 1 amide bonds. The van der Waals surface area contributed by atoms with Crippen LogP contribution in [0, 0.1) is 0 Å². The zero-order chi connectivity index (χ0) is 32.5. The molecule has 3 aromatic rings. The van der Waals surface area contributed by atoms with Gasteiger partial charge in [0.15, 0.2) is 13.2 Å². The van der Waals surface area contributed by atoms with E-state index >= 15 is 0 Å². The van der Waals surface area contributed by atoms with Crippen molar-refractivity contribution in [2.24, 2.45) is 0 Å². The molecular weight excluding hydrogens is 574 g/mol. The fraction of sp³-hybridized carbons (Fsp3) is 0.400. The van der Waals surface area contributed by atoms with Crippen molar-refractivity contribution in [1.82, 2.24) is 14.7 Å². The van der Waals surface area contributed by atoms with Crippen molar-refractivity contribution in [3.05, 3.63) is 95.1 Å². The molecule has 3 aromatic carbocycles. The van der Waals surface area contributed by atoms with Gasteiger partial charge in [-0.05, 0) is 80.8 Å². The Bertz CT molecular complexity index is 1470. The highest BCUT2D eigenvalue weighted by molar-refractivity contribution is 5.94. The average molecular weight is 618 g/mol. The fourth-order valence-electron chi connectivity index (χ4n) is 5.95. The van der Waals surface area contributed by atoms with Gasteiger partial charge in [0, 0.05) is 50.4 Å². The van der Waals surface area contributed by atoms with Crippen molar-refractivity contribution in [2.45, 2.75) is 52.4 Å². The van der Waals surface area contributed by atoms with E-state index in [9.17, 15) is 14.4 Å². The van der Waals surface area contributed by atoms with E-state index in [1.165, 1.54) is 0 Å². The molecule has 1 aliphatic heterocycles. The predicted octanol–water partition coefficient (Wildman–Crippen LogP) is 4.78. The number of rotatable bonds is 14. The van der Waals surface area contributed by atoms with Gasteiger partial charge in [-0.2, -0.15) is 0 Å². The SMILES string of the molecule is CCN(CC)C(=O)c1cccc([C@@H](c2cccc(OCC(=O)O)c2)N2C[C@@H](C)N(Cc3cccc(OCC(=O)O)c3)C[C@@H]2C)c1. The number of benzene rings is 3. The topological polar surface area (TPSA) is 120 Å². The number of ether oxygens (including phenoxy) is 2. The number of carbonyl (C=O) groups is 3. The molecule has 45 heavy (non-hydrogen) atoms. The Morgan fingerprint density at radius 3 is 2.00 bits per heavy atom. The zero-order valence-electron chi connectivity index (χ0n) is 26.4. The third kappa shape index (κ3) is 8.83. The van der Waals surface area contributed by atoms with Crippen LogP contribution in [0.25, 0.3) is 0 Å². The maximum Gasteiger partial charge on any atom is 0.341 e. The third-order valence-electron chi connectivity index (χ3n) is 8.18. The molecule has 4 rings (SSSR count). The molecule has 1 fully saturated rings. The summed E-state index contributed by atoms with van der Waals surface area (Å²) in [6.45, 7) is 10.9. The summed E-state index contributed by atoms with van der Waals surface area (Å²) >= 11 is 0. The lowest BCUT2D eigenvalue weighted by Gasteiger charge is -2.48. The minimum Gasteiger partial charge on any atom is -0.482 e. The van der Waals surface area contributed by atoms with Crippen LogP contribution in [-0.4, -0.2) is 94.2 Å². The Hall–Kier alpha value is -4.41. The lowest BCUT2D eigenvalue weighted by molar-refractivity contribution is -0.140. The van der Waals surface area contributed by atoms with E-state index in [-0.39, 0.29) is 30.6 Å². The molecule has 1 aliphatic rings. The van der Waals surface area contributed by atoms with Crippen molar-refractivity contribution in [3.8, 4) is 11.5 Å². The Morgan fingerprint density at radius 1 is 0.800 bits per heavy atom. The predicted molar refractivity (Wildman–Crippen MR) is 171 cm³/mol. The van der Waals surface area contributed by atoms with Gasteiger partial charge in [-0.25, -0.2) is 9.59 Å². The molecule has 0 bridgehead atoms. The highest BCUT2D eigenvalue weighted by Crippen LogP contribution is 2.35. The van der Waals surface area contributed by atoms with Gasteiger partial charge in [0.1, 0.15) is 11.5 Å². The lowest BCUT2D eigenvalue weighted by atomic mass is 9.92. The van der Waals surface area contributed by atoms with Gasteiger partial charge < -0.3 is 24.6 Å². The second-order valence-corrected chi connectivity index (χ2v) is 11.4. The highest BCUT2D eigenvalue weighted by atomic mass is 16.5. The van der Waals surface area contributed by atoms with E-state index < -0.39 is 18.5 Å². The van der Waals surface area contributed by atoms with Crippen LogP contribution >= 0.6 is 0 Å². The molecule has 0 aromatic heterocycles. The molecule has 10 heteroatoms. The van der Waals surface area contributed by atoms with Gasteiger partial charge >= 0.3 is 11.9 Å². The summed E-state index contributed by atoms with van der Waals surface area (Å²) in [6.07, 6.45) is 0. The number of aliphatic carboxylic acids is 2. The number of amides is 1. The molecule has 0 unspecified atom stereocenters. The van der Waals surface area contributed by atoms with Crippen molar-refractivity contribution < 1.29 is 34.1 Å². The quantitative estimate of drug-likeness (QED) is 0.263. The summed E-state index contributed by atoms with van der Waals surface area (Å²) < 4.78 is 10.9. The van der Waals surface area contributed by atoms with Gasteiger partial charge in [0.25, 0.3) is 5.91 Å². The minimum absolute atomic E-state index is 0.0139. The maximum absolute atomic E-state index is 13.3. The van der Waals surface area contributed by atoms with Crippen LogP contribution in [-0.2, 0) is 16.1 Å². The number of carbonyl (C=O) groups excluding carboxylic acids is 1. The summed E-state index contributed by atoms with van der Waals surface area (Å²) in [7, 11) is 0. The molecule has 0 aliphatic carbocycles. The van der Waals surface area contributed by atoms with Crippen LogP contribution < -0.4 is 9.47 Å². The van der Waals surface area contributed by atoms with Gasteiger partial charge in [-0.3, -0.25) is 14.6 Å². The van der Waals surface area contributed by atoms with Crippen molar-refractivity contribution in [1.29, 1.82) is 0 Å². The van der Waals surface area contributed by atoms with E-state index in [4.69, 9.17) is 19.7 Å². The zero-order valence-corrected chi connectivity index (χ0v) is 26.4. The molecule has 10 nitrogen and oxygen atoms in total. The first-order valence-electron chi connectivity index (χ1n) is 15.4. The Morgan fingerprint density at radius 2 is 1.38 bits per heavy atom. The molecule has 0 radical (unpaired) electrons. The smallest absolute Gasteiger partial charge is 0.341 e. The van der Waals surface area contributed by atoms with Gasteiger partial charge in [-0.15, -0.1) is 0 Å². The van der Waals surface area contributed by atoms with E-state index in [2.05, 4.69) is 23.6 Å². The molecule has 1 saturated heterocycles. The Kier molecular flexibility index (Phi) is 11.6. The van der Waals surface area contributed by atoms with Crippen molar-refractivity contribution in [2.75, 3.05) is 39.4 Å². The van der Waals surface area contributed by atoms with Crippen LogP contribution in [0.2, 0.25) is 0 Å². The number of nitrogens with zero attached hydrogens (tertiary/aromatic N) is 3. The van der Waals surface area contributed by atoms with Crippen molar-refractivity contribution >= 4 is 17.8 Å². The first-order chi connectivity index (χ1) is 21.6. The number of piperazine rings is 1. The number of carboxylic acid groups (broad SMARTS) is 2. The lowest BCUT2D eigenvalue weighted by Crippen LogP contribution is -2.56. The summed E-state index contributed by atoms with van der Waals surface area (Å²) in [5, 5.41) is 18.1. The fourth-order valence-corrected chi connectivity index (χ4v) is 5.95. The summed E-state index contributed by atoms with van der Waals surface area (Å²) in [6, 6.07) is 22.9. The number of hydrogen-bond donors (Lipinski definition) is 2.